The van der Waals surface area contributed by atoms with E-state index in [1.165, 1.54) is 0 Å². The molecular formula is C8H11N3O. The minimum Gasteiger partial charge on any atom is -0.399 e. The first kappa shape index (κ1) is 8.52. The molecule has 0 aliphatic heterocycles. The number of anilines is 1. The van der Waals surface area contributed by atoms with Gasteiger partial charge >= 0.3 is 0 Å². The highest BCUT2D eigenvalue weighted by Gasteiger charge is 1.97. The van der Waals surface area contributed by atoms with Crippen LogP contribution in [0.3, 0.4) is 0 Å². The van der Waals surface area contributed by atoms with Crippen LogP contribution in [0.4, 0.5) is 5.69 Å². The summed E-state index contributed by atoms with van der Waals surface area (Å²) >= 11 is 0. The van der Waals surface area contributed by atoms with Crippen LogP contribution in [0.5, 0.6) is 0 Å². The number of hydrogen-bond donors (Lipinski definition) is 1. The van der Waals surface area contributed by atoms with Gasteiger partial charge in [0.2, 0.25) is 0 Å². The average Bonchev–Trinajstić information content (AvgIpc) is 2.54. The first-order valence-corrected chi connectivity index (χ1v) is 3.84. The smallest absolute Gasteiger partial charge is 0.137 e. The van der Waals surface area contributed by atoms with Crippen LogP contribution in [0, 0.1) is 0 Å². The first-order valence-electron chi connectivity index (χ1n) is 3.84. The Hall–Kier alpha value is -1.58. The molecule has 0 atom stereocenters. The molecule has 64 valence electrons. The lowest BCUT2D eigenvalue weighted by atomic mass is 10.3. The first-order chi connectivity index (χ1) is 5.86. The highest BCUT2D eigenvalue weighted by molar-refractivity contribution is 5.76. The fourth-order valence-electron chi connectivity index (χ4n) is 0.799. The summed E-state index contributed by atoms with van der Waals surface area (Å²) in [7, 11) is 0. The van der Waals surface area contributed by atoms with Crippen LogP contribution in [0.1, 0.15) is 13.8 Å². The molecule has 4 heteroatoms. The zero-order valence-corrected chi connectivity index (χ0v) is 7.11. The molecule has 4 nitrogen and oxygen atoms in total. The quantitative estimate of drug-likeness (QED) is 0.605. The molecule has 1 aromatic heterocycles. The molecule has 0 unspecified atom stereocenters. The summed E-state index contributed by atoms with van der Waals surface area (Å²) in [4.78, 5) is 0. The van der Waals surface area contributed by atoms with Crippen molar-refractivity contribution in [1.82, 2.24) is 10.3 Å². The molecule has 0 saturated carbocycles. The van der Waals surface area contributed by atoms with E-state index in [1.54, 1.807) is 18.2 Å². The zero-order chi connectivity index (χ0) is 8.97. The molecule has 0 amide bonds. The van der Waals surface area contributed by atoms with Gasteiger partial charge in [-0.3, -0.25) is 0 Å². The third kappa shape index (κ3) is 1.53. The van der Waals surface area contributed by atoms with Crippen molar-refractivity contribution in [3.63, 3.8) is 0 Å². The van der Waals surface area contributed by atoms with E-state index < -0.39 is 0 Å². The number of aromatic nitrogens is 2. The van der Waals surface area contributed by atoms with Gasteiger partial charge in [0.25, 0.3) is 0 Å². The number of nitrogens with zero attached hydrogens (tertiary/aromatic N) is 2. The number of nitrogen functional groups attached to an aromatic ring is 1. The molecule has 0 spiro atoms. The molecule has 2 rings (SSSR count). The van der Waals surface area contributed by atoms with Crippen molar-refractivity contribution >= 4 is 16.7 Å². The molecule has 1 heterocycles. The van der Waals surface area contributed by atoms with Crippen LogP contribution in [0.25, 0.3) is 11.0 Å². The van der Waals surface area contributed by atoms with Gasteiger partial charge in [-0.2, -0.15) is 0 Å². The van der Waals surface area contributed by atoms with Crippen molar-refractivity contribution in [2.75, 3.05) is 5.73 Å². The Morgan fingerprint density at radius 3 is 2.58 bits per heavy atom. The lowest BCUT2D eigenvalue weighted by molar-refractivity contribution is 0.315. The van der Waals surface area contributed by atoms with Crippen LogP contribution in [-0.2, 0) is 0 Å². The number of fused-ring (bicyclic) bond motifs is 1. The van der Waals surface area contributed by atoms with Gasteiger partial charge < -0.3 is 5.73 Å². The molecule has 0 aliphatic rings. The van der Waals surface area contributed by atoms with E-state index in [0.717, 1.165) is 5.52 Å². The number of rotatable bonds is 0. The molecule has 1 aromatic carbocycles. The van der Waals surface area contributed by atoms with E-state index in [1.807, 2.05) is 13.8 Å². The maximum atomic E-state index is 5.47. The van der Waals surface area contributed by atoms with Gasteiger partial charge in [0.15, 0.2) is 0 Å². The van der Waals surface area contributed by atoms with E-state index in [0.29, 0.717) is 11.2 Å². The van der Waals surface area contributed by atoms with Crippen molar-refractivity contribution in [2.45, 2.75) is 13.8 Å². The van der Waals surface area contributed by atoms with Gasteiger partial charge in [-0.15, -0.1) is 0 Å². The second-order valence-corrected chi connectivity index (χ2v) is 2.01. The Bertz CT molecular complexity index is 356. The summed E-state index contributed by atoms with van der Waals surface area (Å²) < 4.78 is 4.46. The highest BCUT2D eigenvalue weighted by Crippen LogP contribution is 2.11. The minimum absolute atomic E-state index is 0.670. The van der Waals surface area contributed by atoms with E-state index in [9.17, 15) is 0 Å². The summed E-state index contributed by atoms with van der Waals surface area (Å²) in [6, 6.07) is 5.24. The van der Waals surface area contributed by atoms with Crippen molar-refractivity contribution in [1.29, 1.82) is 0 Å². The fourth-order valence-corrected chi connectivity index (χ4v) is 0.799. The number of hydrogen-bond acceptors (Lipinski definition) is 4. The van der Waals surface area contributed by atoms with Crippen molar-refractivity contribution in [3.8, 4) is 0 Å². The summed E-state index contributed by atoms with van der Waals surface area (Å²) in [6.07, 6.45) is 0. The molecule has 0 aliphatic carbocycles. The Morgan fingerprint density at radius 1 is 1.17 bits per heavy atom. The van der Waals surface area contributed by atoms with Crippen molar-refractivity contribution in [3.05, 3.63) is 18.2 Å². The maximum absolute atomic E-state index is 5.47. The maximum Gasteiger partial charge on any atom is 0.137 e. The molecule has 12 heavy (non-hydrogen) atoms. The van der Waals surface area contributed by atoms with Gasteiger partial charge in [0.05, 0.1) is 0 Å². The molecule has 2 N–H and O–H groups in total. The second-order valence-electron chi connectivity index (χ2n) is 2.01. The predicted octanol–water partition coefficient (Wildman–Crippen LogP) is 1.83. The lowest BCUT2D eigenvalue weighted by Gasteiger charge is -1.86. The summed E-state index contributed by atoms with van der Waals surface area (Å²) in [5.41, 5.74) is 7.57. The zero-order valence-electron chi connectivity index (χ0n) is 7.11. The van der Waals surface area contributed by atoms with Crippen LogP contribution in [-0.4, -0.2) is 10.3 Å². The van der Waals surface area contributed by atoms with Gasteiger partial charge in [0, 0.05) is 5.69 Å². The monoisotopic (exact) mass is 165 g/mol. The molecule has 0 radical (unpaired) electrons. The van der Waals surface area contributed by atoms with Crippen molar-refractivity contribution in [2.24, 2.45) is 0 Å². The Labute approximate surface area is 70.3 Å². The molecule has 0 saturated heterocycles. The third-order valence-electron chi connectivity index (χ3n) is 1.28. The van der Waals surface area contributed by atoms with E-state index >= 15 is 0 Å². The van der Waals surface area contributed by atoms with Gasteiger partial charge in [0.1, 0.15) is 11.0 Å². The summed E-state index contributed by atoms with van der Waals surface area (Å²) in [5.74, 6) is 0. The minimum atomic E-state index is 0.670. The van der Waals surface area contributed by atoms with E-state index in [-0.39, 0.29) is 0 Å². The van der Waals surface area contributed by atoms with Gasteiger partial charge in [-0.25, -0.2) is 4.63 Å². The predicted molar refractivity (Wildman–Crippen MR) is 47.6 cm³/mol. The lowest BCUT2D eigenvalue weighted by Crippen LogP contribution is -1.82. The highest BCUT2D eigenvalue weighted by atomic mass is 16.6. The molecular weight excluding hydrogens is 154 g/mol. The normalized spacial score (nSPS) is 9.17. The molecule has 0 fully saturated rings. The molecule has 0 bridgehead atoms. The van der Waals surface area contributed by atoms with Gasteiger partial charge in [-0.1, -0.05) is 13.8 Å². The number of benzene rings is 1. The number of nitrogens with two attached hydrogens (primary N) is 1. The van der Waals surface area contributed by atoms with Crippen LogP contribution < -0.4 is 5.73 Å². The van der Waals surface area contributed by atoms with Crippen molar-refractivity contribution < 1.29 is 4.63 Å². The van der Waals surface area contributed by atoms with Crippen LogP contribution in [0.2, 0.25) is 0 Å². The Kier molecular flexibility index (Phi) is 2.63. The fraction of sp³-hybridized carbons (Fsp3) is 0.250. The SMILES string of the molecule is CC.Nc1ccc2nonc2c1. The summed E-state index contributed by atoms with van der Waals surface area (Å²) in [5, 5.41) is 7.23. The third-order valence-corrected chi connectivity index (χ3v) is 1.28. The van der Waals surface area contributed by atoms with Crippen LogP contribution >= 0.6 is 0 Å². The van der Waals surface area contributed by atoms with E-state index in [2.05, 4.69) is 14.9 Å². The average molecular weight is 165 g/mol. The molecule has 2 aromatic rings. The van der Waals surface area contributed by atoms with Crippen LogP contribution in [0.15, 0.2) is 22.8 Å². The van der Waals surface area contributed by atoms with Gasteiger partial charge in [-0.05, 0) is 28.5 Å². The summed E-state index contributed by atoms with van der Waals surface area (Å²) in [6.45, 7) is 4.00. The standard InChI is InChI=1S/C6H5N3O.C2H6/c7-4-1-2-5-6(3-4)9-10-8-5;1-2/h1-3H,7H2;1-2H3. The Balaban J connectivity index is 0.000000336. The largest absolute Gasteiger partial charge is 0.399 e. The second kappa shape index (κ2) is 3.71. The van der Waals surface area contributed by atoms with E-state index in [4.69, 9.17) is 5.73 Å². The topological polar surface area (TPSA) is 64.9 Å². The Morgan fingerprint density at radius 2 is 1.83 bits per heavy atom.